The summed E-state index contributed by atoms with van der Waals surface area (Å²) in [7, 11) is 1.82. The summed E-state index contributed by atoms with van der Waals surface area (Å²) in [6, 6.07) is 2.92. The molecule has 2 aromatic heterocycles. The lowest BCUT2D eigenvalue weighted by atomic mass is 10.2. The molecule has 5 nitrogen and oxygen atoms in total. The van der Waals surface area contributed by atoms with Gasteiger partial charge in [0.1, 0.15) is 11.0 Å². The SMILES string of the molecule is Cn1ccc(CCNC(=O)c2cc(F)cnc2Cl)n1. The zero-order valence-electron chi connectivity index (χ0n) is 10.2. The summed E-state index contributed by atoms with van der Waals surface area (Å²) in [6.45, 7) is 0.392. The highest BCUT2D eigenvalue weighted by Gasteiger charge is 2.12. The lowest BCUT2D eigenvalue weighted by Crippen LogP contribution is -2.26. The Bertz CT molecular complexity index is 599. The van der Waals surface area contributed by atoms with Crippen LogP contribution in [-0.4, -0.2) is 27.2 Å². The molecule has 19 heavy (non-hydrogen) atoms. The van der Waals surface area contributed by atoms with Gasteiger partial charge in [-0.25, -0.2) is 9.37 Å². The summed E-state index contributed by atoms with van der Waals surface area (Å²) in [5.74, 6) is -1.05. The van der Waals surface area contributed by atoms with E-state index in [2.05, 4.69) is 15.4 Å². The largest absolute Gasteiger partial charge is 0.352 e. The van der Waals surface area contributed by atoms with Gasteiger partial charge in [-0.15, -0.1) is 0 Å². The first-order chi connectivity index (χ1) is 9.06. The Balaban J connectivity index is 1.92. The van der Waals surface area contributed by atoms with Crippen molar-refractivity contribution >= 4 is 17.5 Å². The van der Waals surface area contributed by atoms with Crippen LogP contribution in [0.2, 0.25) is 5.15 Å². The van der Waals surface area contributed by atoms with Crippen molar-refractivity contribution in [3.05, 3.63) is 46.8 Å². The fourth-order valence-corrected chi connectivity index (χ4v) is 1.77. The Morgan fingerprint density at radius 3 is 3.05 bits per heavy atom. The zero-order valence-corrected chi connectivity index (χ0v) is 11.0. The van der Waals surface area contributed by atoms with Crippen LogP contribution in [0.1, 0.15) is 16.1 Å². The first kappa shape index (κ1) is 13.5. The molecule has 0 aliphatic rings. The number of carbonyl (C=O) groups excluding carboxylic acids is 1. The van der Waals surface area contributed by atoms with E-state index in [-0.39, 0.29) is 10.7 Å². The summed E-state index contributed by atoms with van der Waals surface area (Å²) >= 11 is 5.74. The van der Waals surface area contributed by atoms with E-state index in [4.69, 9.17) is 11.6 Å². The Labute approximate surface area is 114 Å². The van der Waals surface area contributed by atoms with Crippen LogP contribution in [0, 0.1) is 5.82 Å². The van der Waals surface area contributed by atoms with Crippen molar-refractivity contribution in [1.82, 2.24) is 20.1 Å². The average Bonchev–Trinajstić information content (AvgIpc) is 2.78. The van der Waals surface area contributed by atoms with Crippen molar-refractivity contribution in [2.45, 2.75) is 6.42 Å². The van der Waals surface area contributed by atoms with Gasteiger partial charge >= 0.3 is 0 Å². The maximum atomic E-state index is 13.0. The number of aryl methyl sites for hydroxylation is 1. The van der Waals surface area contributed by atoms with Crippen LogP contribution in [-0.2, 0) is 13.5 Å². The summed E-state index contributed by atoms with van der Waals surface area (Å²) in [6.07, 6.45) is 3.38. The molecular formula is C12H12ClFN4O. The minimum Gasteiger partial charge on any atom is -0.352 e. The molecule has 2 heterocycles. The summed E-state index contributed by atoms with van der Waals surface area (Å²) in [5, 5.41) is 6.81. The van der Waals surface area contributed by atoms with E-state index in [0.717, 1.165) is 18.0 Å². The van der Waals surface area contributed by atoms with Gasteiger partial charge in [-0.3, -0.25) is 9.48 Å². The van der Waals surface area contributed by atoms with Gasteiger partial charge in [-0.05, 0) is 12.1 Å². The van der Waals surface area contributed by atoms with Crippen LogP contribution in [0.4, 0.5) is 4.39 Å². The molecule has 0 spiro atoms. The summed E-state index contributed by atoms with van der Waals surface area (Å²) < 4.78 is 14.7. The molecule has 0 saturated carbocycles. The number of amides is 1. The molecule has 2 aromatic rings. The van der Waals surface area contributed by atoms with Crippen LogP contribution >= 0.6 is 11.6 Å². The second kappa shape index (κ2) is 5.79. The van der Waals surface area contributed by atoms with Crippen molar-refractivity contribution in [2.75, 3.05) is 6.54 Å². The Kier molecular flexibility index (Phi) is 4.11. The first-order valence-corrected chi connectivity index (χ1v) is 6.02. The highest BCUT2D eigenvalue weighted by molar-refractivity contribution is 6.32. The van der Waals surface area contributed by atoms with E-state index in [9.17, 15) is 9.18 Å². The topological polar surface area (TPSA) is 59.8 Å². The summed E-state index contributed by atoms with van der Waals surface area (Å²) in [5.41, 5.74) is 0.897. The molecule has 1 N–H and O–H groups in total. The Hall–Kier alpha value is -1.95. The molecular weight excluding hydrogens is 271 g/mol. The van der Waals surface area contributed by atoms with E-state index in [1.165, 1.54) is 0 Å². The van der Waals surface area contributed by atoms with Gasteiger partial charge in [0.2, 0.25) is 0 Å². The van der Waals surface area contributed by atoms with Gasteiger partial charge in [-0.2, -0.15) is 5.10 Å². The predicted molar refractivity (Wildman–Crippen MR) is 68.5 cm³/mol. The first-order valence-electron chi connectivity index (χ1n) is 5.64. The van der Waals surface area contributed by atoms with Gasteiger partial charge in [0.05, 0.1) is 17.5 Å². The van der Waals surface area contributed by atoms with E-state index < -0.39 is 11.7 Å². The maximum absolute atomic E-state index is 13.0. The third kappa shape index (κ3) is 3.51. The number of aromatic nitrogens is 3. The lowest BCUT2D eigenvalue weighted by molar-refractivity contribution is 0.0953. The average molecular weight is 283 g/mol. The van der Waals surface area contributed by atoms with Crippen molar-refractivity contribution in [3.63, 3.8) is 0 Å². The highest BCUT2D eigenvalue weighted by Crippen LogP contribution is 2.13. The molecule has 0 fully saturated rings. The van der Waals surface area contributed by atoms with Crippen LogP contribution in [0.15, 0.2) is 24.5 Å². The number of pyridine rings is 1. The number of nitrogens with one attached hydrogen (secondary N) is 1. The molecule has 1 amide bonds. The molecule has 0 saturated heterocycles. The van der Waals surface area contributed by atoms with E-state index in [1.807, 2.05) is 19.3 Å². The van der Waals surface area contributed by atoms with Gasteiger partial charge < -0.3 is 5.32 Å². The van der Waals surface area contributed by atoms with Crippen molar-refractivity contribution in [1.29, 1.82) is 0 Å². The van der Waals surface area contributed by atoms with Gasteiger partial charge in [0.25, 0.3) is 5.91 Å². The number of hydrogen-bond donors (Lipinski definition) is 1. The number of halogens is 2. The number of hydrogen-bond acceptors (Lipinski definition) is 3. The summed E-state index contributed by atoms with van der Waals surface area (Å²) in [4.78, 5) is 15.4. The van der Waals surface area contributed by atoms with Gasteiger partial charge in [0, 0.05) is 26.2 Å². The monoisotopic (exact) mass is 282 g/mol. The molecule has 0 bridgehead atoms. The molecule has 0 aliphatic heterocycles. The van der Waals surface area contributed by atoms with Crippen LogP contribution in [0.5, 0.6) is 0 Å². The molecule has 100 valence electrons. The fraction of sp³-hybridized carbons (Fsp3) is 0.250. The van der Waals surface area contributed by atoms with Crippen LogP contribution < -0.4 is 5.32 Å². The van der Waals surface area contributed by atoms with E-state index >= 15 is 0 Å². The Morgan fingerprint density at radius 2 is 2.37 bits per heavy atom. The fourth-order valence-electron chi connectivity index (χ4n) is 1.58. The lowest BCUT2D eigenvalue weighted by Gasteiger charge is -2.05. The van der Waals surface area contributed by atoms with Gasteiger partial charge in [-0.1, -0.05) is 11.6 Å². The third-order valence-corrected chi connectivity index (χ3v) is 2.79. The standard InChI is InChI=1S/C12H12ClFN4O/c1-18-5-3-9(17-18)2-4-15-12(19)10-6-8(14)7-16-11(10)13/h3,5-7H,2,4H2,1H3,(H,15,19). The predicted octanol–water partition coefficient (Wildman–Crippen LogP) is 1.58. The smallest absolute Gasteiger partial charge is 0.254 e. The van der Waals surface area contributed by atoms with Crippen molar-refractivity contribution in [2.24, 2.45) is 7.05 Å². The minimum absolute atomic E-state index is 0.0169. The van der Waals surface area contributed by atoms with Crippen molar-refractivity contribution < 1.29 is 9.18 Å². The number of nitrogens with zero attached hydrogens (tertiary/aromatic N) is 3. The molecule has 7 heteroatoms. The quantitative estimate of drug-likeness (QED) is 0.866. The van der Waals surface area contributed by atoms with Gasteiger partial charge in [0.15, 0.2) is 0 Å². The maximum Gasteiger partial charge on any atom is 0.254 e. The Morgan fingerprint density at radius 1 is 1.58 bits per heavy atom. The molecule has 0 atom stereocenters. The second-order valence-corrected chi connectivity index (χ2v) is 4.34. The number of carbonyl (C=O) groups is 1. The second-order valence-electron chi connectivity index (χ2n) is 3.98. The molecule has 2 rings (SSSR count). The normalized spacial score (nSPS) is 10.5. The molecule has 0 aliphatic carbocycles. The van der Waals surface area contributed by atoms with E-state index in [0.29, 0.717) is 13.0 Å². The minimum atomic E-state index is -0.598. The molecule has 0 radical (unpaired) electrons. The number of rotatable bonds is 4. The zero-order chi connectivity index (χ0) is 13.8. The highest BCUT2D eigenvalue weighted by atomic mass is 35.5. The third-order valence-electron chi connectivity index (χ3n) is 2.49. The van der Waals surface area contributed by atoms with Crippen LogP contribution in [0.3, 0.4) is 0 Å². The van der Waals surface area contributed by atoms with E-state index in [1.54, 1.807) is 4.68 Å². The molecule has 0 unspecified atom stereocenters. The molecule has 0 aromatic carbocycles. The van der Waals surface area contributed by atoms with Crippen LogP contribution in [0.25, 0.3) is 0 Å². The van der Waals surface area contributed by atoms with Crippen molar-refractivity contribution in [3.8, 4) is 0 Å².